The lowest BCUT2D eigenvalue weighted by Gasteiger charge is -2.44. The Morgan fingerprint density at radius 1 is 1.10 bits per heavy atom. The molecule has 0 fully saturated rings. The highest BCUT2D eigenvalue weighted by atomic mass is 32.3. The molecule has 0 atom stereocenters. The summed E-state index contributed by atoms with van der Waals surface area (Å²) in [7, 11) is -1.94. The van der Waals surface area contributed by atoms with Crippen molar-refractivity contribution in [3.05, 3.63) is 0 Å². The average Bonchev–Trinajstić information content (AvgIpc) is 1.59. The van der Waals surface area contributed by atoms with Crippen LogP contribution in [-0.2, 0) is 0 Å². The lowest BCUT2D eigenvalue weighted by Crippen LogP contribution is -2.51. The van der Waals surface area contributed by atoms with Crippen LogP contribution in [0, 0.1) is 0 Å². The van der Waals surface area contributed by atoms with Crippen molar-refractivity contribution in [2.45, 2.75) is 19.6 Å². The Balaban J connectivity index is 4.23. The van der Waals surface area contributed by atoms with Crippen molar-refractivity contribution >= 4 is 18.4 Å². The molecule has 0 aliphatic rings. The van der Waals surface area contributed by atoms with Gasteiger partial charge in [-0.3, -0.25) is 5.84 Å². The van der Waals surface area contributed by atoms with Crippen LogP contribution in [0.1, 0.15) is 0 Å². The van der Waals surface area contributed by atoms with Gasteiger partial charge in [-0.25, -0.2) is 4.08 Å². The molecule has 0 saturated heterocycles. The third kappa shape index (κ3) is 3.05. The number of hydrogen-bond acceptors (Lipinski definition) is 2. The maximum atomic E-state index is 5.96. The van der Waals surface area contributed by atoms with E-state index >= 15 is 0 Å². The van der Waals surface area contributed by atoms with Crippen LogP contribution in [0.3, 0.4) is 0 Å². The SMILES string of the molecule is C[Si](C)(C)N(N)S(C)(C)C. The standard InChI is InChI=1S/C6H20N2SSi/c1-9(2,3)8(7)10(4,5)6/h7H2,1-6H3. The number of rotatable bonds is 2. The van der Waals surface area contributed by atoms with Crippen molar-refractivity contribution in [3.8, 4) is 0 Å². The summed E-state index contributed by atoms with van der Waals surface area (Å²) >= 11 is 0. The predicted molar refractivity (Wildman–Crippen MR) is 54.7 cm³/mol. The zero-order valence-electron chi connectivity index (χ0n) is 7.93. The maximum absolute atomic E-state index is 5.96. The van der Waals surface area contributed by atoms with Crippen molar-refractivity contribution in [3.63, 3.8) is 0 Å². The number of hydrogen-bond donors (Lipinski definition) is 1. The van der Waals surface area contributed by atoms with Gasteiger partial charge in [-0.05, 0) is 18.8 Å². The molecule has 0 aromatic heterocycles. The molecule has 0 radical (unpaired) electrons. The minimum absolute atomic E-state index is 0.688. The topological polar surface area (TPSA) is 29.3 Å². The molecule has 0 heterocycles. The molecule has 0 aliphatic heterocycles. The van der Waals surface area contributed by atoms with Gasteiger partial charge in [-0.1, -0.05) is 19.6 Å². The largest absolute Gasteiger partial charge is 0.267 e. The van der Waals surface area contributed by atoms with Gasteiger partial charge in [0.1, 0.15) is 8.24 Å². The molecule has 0 bridgehead atoms. The molecule has 0 amide bonds. The fourth-order valence-electron chi connectivity index (χ4n) is 0.822. The number of hydrazine groups is 1. The van der Waals surface area contributed by atoms with Gasteiger partial charge >= 0.3 is 0 Å². The molecular weight excluding hydrogens is 160 g/mol. The van der Waals surface area contributed by atoms with Gasteiger partial charge < -0.3 is 0 Å². The lowest BCUT2D eigenvalue weighted by molar-refractivity contribution is 0.721. The van der Waals surface area contributed by atoms with E-state index in [4.69, 9.17) is 5.84 Å². The molecule has 2 nitrogen and oxygen atoms in total. The summed E-state index contributed by atoms with van der Waals surface area (Å²) in [6.07, 6.45) is 6.68. The van der Waals surface area contributed by atoms with E-state index in [1.54, 1.807) is 0 Å². The van der Waals surface area contributed by atoms with Crippen LogP contribution in [0.5, 0.6) is 0 Å². The van der Waals surface area contributed by atoms with Gasteiger partial charge in [0.2, 0.25) is 0 Å². The second-order valence-electron chi connectivity index (χ2n) is 4.27. The predicted octanol–water partition coefficient (Wildman–Crippen LogP) is 1.61. The first-order valence-corrected chi connectivity index (χ1v) is 9.65. The smallest absolute Gasteiger partial charge is 0.149 e. The highest BCUT2D eigenvalue weighted by Crippen LogP contribution is 2.40. The minimum Gasteiger partial charge on any atom is -0.267 e. The van der Waals surface area contributed by atoms with E-state index in [1.165, 1.54) is 0 Å². The van der Waals surface area contributed by atoms with Gasteiger partial charge in [0.05, 0.1) is 0 Å². The van der Waals surface area contributed by atoms with E-state index in [2.05, 4.69) is 42.5 Å². The zero-order chi connectivity index (χ0) is 8.58. The van der Waals surface area contributed by atoms with Crippen LogP contribution in [0.4, 0.5) is 0 Å². The number of nitrogens with zero attached hydrogens (tertiary/aromatic N) is 1. The molecule has 0 aromatic carbocycles. The van der Waals surface area contributed by atoms with Crippen molar-refractivity contribution < 1.29 is 0 Å². The van der Waals surface area contributed by atoms with Gasteiger partial charge in [0, 0.05) is 0 Å². The van der Waals surface area contributed by atoms with Crippen LogP contribution in [0.2, 0.25) is 19.6 Å². The maximum Gasteiger partial charge on any atom is 0.149 e. The highest BCUT2D eigenvalue weighted by Gasteiger charge is 2.27. The Bertz CT molecular complexity index is 99.9. The summed E-state index contributed by atoms with van der Waals surface area (Å²) in [5.74, 6) is 5.96. The van der Waals surface area contributed by atoms with Gasteiger partial charge in [-0.2, -0.15) is 10.2 Å². The monoisotopic (exact) mass is 180 g/mol. The van der Waals surface area contributed by atoms with E-state index in [0.29, 0.717) is 0 Å². The Kier molecular flexibility index (Phi) is 2.99. The van der Waals surface area contributed by atoms with Crippen molar-refractivity contribution in [2.24, 2.45) is 5.84 Å². The molecule has 0 rings (SSSR count). The molecular formula is C6H20N2SSi. The lowest BCUT2D eigenvalue weighted by atomic mass is 11.8. The summed E-state index contributed by atoms with van der Waals surface area (Å²) in [6.45, 7) is 6.81. The molecule has 10 heavy (non-hydrogen) atoms. The van der Waals surface area contributed by atoms with E-state index in [9.17, 15) is 0 Å². The van der Waals surface area contributed by atoms with E-state index in [-0.39, 0.29) is 0 Å². The second-order valence-corrected chi connectivity index (χ2v) is 13.4. The summed E-state index contributed by atoms with van der Waals surface area (Å²) in [5, 5.41) is 0. The van der Waals surface area contributed by atoms with Crippen LogP contribution in [0.15, 0.2) is 0 Å². The quantitative estimate of drug-likeness (QED) is 0.397. The van der Waals surface area contributed by atoms with Gasteiger partial charge in [0.15, 0.2) is 0 Å². The Labute approximate surface area is 67.3 Å². The fourth-order valence-corrected chi connectivity index (χ4v) is 7.39. The van der Waals surface area contributed by atoms with E-state index < -0.39 is 18.4 Å². The van der Waals surface area contributed by atoms with Crippen LogP contribution in [0.25, 0.3) is 0 Å². The zero-order valence-corrected chi connectivity index (χ0v) is 9.75. The van der Waals surface area contributed by atoms with E-state index in [0.717, 1.165) is 0 Å². The van der Waals surface area contributed by atoms with Crippen LogP contribution in [-0.4, -0.2) is 31.1 Å². The van der Waals surface area contributed by atoms with Crippen LogP contribution >= 0.6 is 10.2 Å². The highest BCUT2D eigenvalue weighted by molar-refractivity contribution is 8.30. The normalized spacial score (nSPS) is 16.0. The molecule has 4 heteroatoms. The number of nitrogens with two attached hydrogens (primary N) is 1. The average molecular weight is 180 g/mol. The van der Waals surface area contributed by atoms with Crippen LogP contribution < -0.4 is 5.84 Å². The molecule has 0 aliphatic carbocycles. The molecule has 0 unspecified atom stereocenters. The van der Waals surface area contributed by atoms with Gasteiger partial charge in [0.25, 0.3) is 0 Å². The summed E-state index contributed by atoms with van der Waals surface area (Å²) in [4.78, 5) is 0. The van der Waals surface area contributed by atoms with Crippen molar-refractivity contribution in [2.75, 3.05) is 18.8 Å². The molecule has 0 saturated carbocycles. The third-order valence-corrected chi connectivity index (χ3v) is 7.04. The Morgan fingerprint density at radius 3 is 1.40 bits per heavy atom. The molecule has 64 valence electrons. The van der Waals surface area contributed by atoms with Gasteiger partial charge in [-0.15, -0.1) is 0 Å². The fraction of sp³-hybridized carbons (Fsp3) is 1.00. The second kappa shape index (κ2) is 2.85. The summed E-state index contributed by atoms with van der Waals surface area (Å²) in [6, 6.07) is 0. The summed E-state index contributed by atoms with van der Waals surface area (Å²) < 4.78 is 2.10. The molecule has 0 aromatic rings. The van der Waals surface area contributed by atoms with Crippen molar-refractivity contribution in [1.82, 2.24) is 4.08 Å². The molecule has 2 N–H and O–H groups in total. The molecule has 0 spiro atoms. The minimum atomic E-state index is -1.25. The Hall–Kier alpha value is 0.487. The Morgan fingerprint density at radius 2 is 1.40 bits per heavy atom. The van der Waals surface area contributed by atoms with Crippen molar-refractivity contribution in [1.29, 1.82) is 0 Å². The first-order valence-electron chi connectivity index (χ1n) is 3.39. The first-order chi connectivity index (χ1) is 4.15. The summed E-state index contributed by atoms with van der Waals surface area (Å²) in [5.41, 5.74) is 0. The third-order valence-electron chi connectivity index (χ3n) is 1.25. The van der Waals surface area contributed by atoms with E-state index in [1.807, 2.05) is 0 Å². The first kappa shape index (κ1) is 10.5.